The molecule has 1 N–H and O–H groups in total. The molecule has 0 bridgehead atoms. The minimum absolute atomic E-state index is 0.197. The molecule has 0 aromatic carbocycles. The van der Waals surface area contributed by atoms with E-state index >= 15 is 0 Å². The molecule has 0 aromatic heterocycles. The molecule has 0 spiro atoms. The first-order chi connectivity index (χ1) is 9.16. The SMILES string of the molecule is CCCCCCCCC(=O)[C@H]1CCCC[C@H]1C(=O)O. The quantitative estimate of drug-likeness (QED) is 0.638. The predicted molar refractivity (Wildman–Crippen MR) is 76.1 cm³/mol. The first-order valence-electron chi connectivity index (χ1n) is 7.92. The molecule has 2 atom stereocenters. The van der Waals surface area contributed by atoms with Crippen LogP contribution in [0.3, 0.4) is 0 Å². The second-order valence-electron chi connectivity index (χ2n) is 5.82. The van der Waals surface area contributed by atoms with E-state index in [0.717, 1.165) is 32.1 Å². The van der Waals surface area contributed by atoms with Crippen molar-refractivity contribution in [1.82, 2.24) is 0 Å². The van der Waals surface area contributed by atoms with E-state index in [2.05, 4.69) is 6.92 Å². The Kier molecular flexibility index (Phi) is 7.76. The molecule has 1 rings (SSSR count). The number of hydrogen-bond donors (Lipinski definition) is 1. The molecule has 19 heavy (non-hydrogen) atoms. The zero-order valence-electron chi connectivity index (χ0n) is 12.2. The normalized spacial score (nSPS) is 23.2. The first kappa shape index (κ1) is 16.2. The summed E-state index contributed by atoms with van der Waals surface area (Å²) in [5, 5.41) is 9.17. The average Bonchev–Trinajstić information content (AvgIpc) is 2.42. The fraction of sp³-hybridized carbons (Fsp3) is 0.875. The van der Waals surface area contributed by atoms with Crippen LogP contribution in [0.25, 0.3) is 0 Å². The lowest BCUT2D eigenvalue weighted by atomic mass is 9.76. The van der Waals surface area contributed by atoms with Gasteiger partial charge in [-0.2, -0.15) is 0 Å². The number of carbonyl (C=O) groups excluding carboxylic acids is 1. The number of carbonyl (C=O) groups is 2. The Morgan fingerprint density at radius 3 is 2.16 bits per heavy atom. The van der Waals surface area contributed by atoms with Crippen LogP contribution in [0.2, 0.25) is 0 Å². The molecule has 1 saturated carbocycles. The van der Waals surface area contributed by atoms with Gasteiger partial charge in [0.25, 0.3) is 0 Å². The van der Waals surface area contributed by atoms with Crippen LogP contribution in [0, 0.1) is 11.8 Å². The maximum Gasteiger partial charge on any atom is 0.307 e. The maximum absolute atomic E-state index is 12.1. The van der Waals surface area contributed by atoms with Crippen molar-refractivity contribution < 1.29 is 14.7 Å². The Morgan fingerprint density at radius 1 is 0.947 bits per heavy atom. The first-order valence-corrected chi connectivity index (χ1v) is 7.92. The molecule has 1 aliphatic carbocycles. The van der Waals surface area contributed by atoms with Crippen LogP contribution < -0.4 is 0 Å². The largest absolute Gasteiger partial charge is 0.481 e. The highest BCUT2D eigenvalue weighted by molar-refractivity contribution is 5.86. The van der Waals surface area contributed by atoms with Crippen LogP contribution in [-0.4, -0.2) is 16.9 Å². The molecule has 3 nitrogen and oxygen atoms in total. The van der Waals surface area contributed by atoms with Gasteiger partial charge in [0.05, 0.1) is 5.92 Å². The van der Waals surface area contributed by atoms with E-state index in [9.17, 15) is 14.7 Å². The van der Waals surface area contributed by atoms with Crippen LogP contribution in [0.4, 0.5) is 0 Å². The van der Waals surface area contributed by atoms with Gasteiger partial charge in [-0.15, -0.1) is 0 Å². The fourth-order valence-electron chi connectivity index (χ4n) is 3.08. The summed E-state index contributed by atoms with van der Waals surface area (Å²) in [6, 6.07) is 0. The number of rotatable bonds is 9. The van der Waals surface area contributed by atoms with E-state index in [1.165, 1.54) is 25.7 Å². The maximum atomic E-state index is 12.1. The Labute approximate surface area is 116 Å². The molecule has 0 aromatic rings. The van der Waals surface area contributed by atoms with Gasteiger partial charge in [-0.05, 0) is 19.3 Å². The van der Waals surface area contributed by atoms with Crippen LogP contribution in [0.15, 0.2) is 0 Å². The van der Waals surface area contributed by atoms with Gasteiger partial charge in [-0.1, -0.05) is 51.9 Å². The Bertz CT molecular complexity index is 286. The van der Waals surface area contributed by atoms with E-state index in [1.54, 1.807) is 0 Å². The van der Waals surface area contributed by atoms with Gasteiger partial charge >= 0.3 is 5.97 Å². The topological polar surface area (TPSA) is 54.4 Å². The number of aliphatic carboxylic acids is 1. The zero-order chi connectivity index (χ0) is 14.1. The van der Waals surface area contributed by atoms with Crippen LogP contribution in [0.5, 0.6) is 0 Å². The van der Waals surface area contributed by atoms with Crippen LogP contribution in [0.1, 0.15) is 77.6 Å². The van der Waals surface area contributed by atoms with E-state index in [1.807, 2.05) is 0 Å². The third-order valence-corrected chi connectivity index (χ3v) is 4.27. The minimum Gasteiger partial charge on any atom is -0.481 e. The fourth-order valence-corrected chi connectivity index (χ4v) is 3.08. The van der Waals surface area contributed by atoms with Crippen molar-refractivity contribution in [2.45, 2.75) is 77.6 Å². The smallest absolute Gasteiger partial charge is 0.307 e. The zero-order valence-corrected chi connectivity index (χ0v) is 12.2. The van der Waals surface area contributed by atoms with Gasteiger partial charge in [0.1, 0.15) is 5.78 Å². The lowest BCUT2D eigenvalue weighted by Crippen LogP contribution is -2.32. The number of hydrogen-bond acceptors (Lipinski definition) is 2. The number of carboxylic acid groups (broad SMARTS) is 1. The lowest BCUT2D eigenvalue weighted by Gasteiger charge is -2.27. The van der Waals surface area contributed by atoms with Crippen molar-refractivity contribution >= 4 is 11.8 Å². The monoisotopic (exact) mass is 268 g/mol. The summed E-state index contributed by atoms with van der Waals surface area (Å²) >= 11 is 0. The van der Waals surface area contributed by atoms with E-state index in [4.69, 9.17) is 0 Å². The number of carboxylic acids is 1. The highest BCUT2D eigenvalue weighted by Gasteiger charge is 2.34. The molecule has 3 heteroatoms. The molecule has 0 radical (unpaired) electrons. The standard InChI is InChI=1S/C16H28O3/c1-2-3-4-5-6-7-12-15(17)13-10-8-9-11-14(13)16(18)19/h13-14H,2-12H2,1H3,(H,18,19)/t13-,14+/m0/s1. The highest BCUT2D eigenvalue weighted by Crippen LogP contribution is 2.32. The third kappa shape index (κ3) is 5.75. The molecule has 0 amide bonds. The van der Waals surface area contributed by atoms with Crippen molar-refractivity contribution in [3.8, 4) is 0 Å². The molecular formula is C16H28O3. The summed E-state index contributed by atoms with van der Waals surface area (Å²) in [6.07, 6.45) is 11.0. The van der Waals surface area contributed by atoms with E-state index in [-0.39, 0.29) is 11.7 Å². The number of Topliss-reactive ketones (excluding diaryl/α,β-unsaturated/α-hetero) is 1. The number of unbranched alkanes of at least 4 members (excludes halogenated alkanes) is 5. The molecular weight excluding hydrogens is 240 g/mol. The lowest BCUT2D eigenvalue weighted by molar-refractivity contribution is -0.148. The summed E-state index contributed by atoms with van der Waals surface area (Å²) in [7, 11) is 0. The number of ketones is 1. The third-order valence-electron chi connectivity index (χ3n) is 4.27. The van der Waals surface area contributed by atoms with Crippen molar-refractivity contribution in [3.05, 3.63) is 0 Å². The predicted octanol–water partition coefficient (Wildman–Crippen LogP) is 4.20. The summed E-state index contributed by atoms with van der Waals surface area (Å²) in [5.74, 6) is -1.20. The van der Waals surface area contributed by atoms with Gasteiger partial charge in [0.15, 0.2) is 0 Å². The second-order valence-corrected chi connectivity index (χ2v) is 5.82. The minimum atomic E-state index is -0.777. The highest BCUT2D eigenvalue weighted by atomic mass is 16.4. The molecule has 0 heterocycles. The van der Waals surface area contributed by atoms with Crippen molar-refractivity contribution in [2.24, 2.45) is 11.8 Å². The van der Waals surface area contributed by atoms with Crippen molar-refractivity contribution in [1.29, 1.82) is 0 Å². The molecule has 0 aliphatic heterocycles. The van der Waals surface area contributed by atoms with Gasteiger partial charge in [-0.3, -0.25) is 9.59 Å². The molecule has 1 aliphatic rings. The van der Waals surface area contributed by atoms with Gasteiger partial charge < -0.3 is 5.11 Å². The Balaban J connectivity index is 2.25. The summed E-state index contributed by atoms with van der Waals surface area (Å²) < 4.78 is 0. The van der Waals surface area contributed by atoms with Crippen molar-refractivity contribution in [2.75, 3.05) is 0 Å². The summed E-state index contributed by atoms with van der Waals surface area (Å²) in [4.78, 5) is 23.3. The Hall–Kier alpha value is -0.860. The van der Waals surface area contributed by atoms with Crippen LogP contribution >= 0.6 is 0 Å². The molecule has 1 fully saturated rings. The summed E-state index contributed by atoms with van der Waals surface area (Å²) in [5.41, 5.74) is 0. The van der Waals surface area contributed by atoms with Gasteiger partial charge in [0, 0.05) is 12.3 Å². The molecule has 0 saturated heterocycles. The molecule has 110 valence electrons. The van der Waals surface area contributed by atoms with Crippen molar-refractivity contribution in [3.63, 3.8) is 0 Å². The Morgan fingerprint density at radius 2 is 1.53 bits per heavy atom. The van der Waals surface area contributed by atoms with Gasteiger partial charge in [-0.25, -0.2) is 0 Å². The van der Waals surface area contributed by atoms with E-state index < -0.39 is 11.9 Å². The molecule has 0 unspecified atom stereocenters. The van der Waals surface area contributed by atoms with E-state index in [0.29, 0.717) is 12.8 Å². The van der Waals surface area contributed by atoms with Gasteiger partial charge in [0.2, 0.25) is 0 Å². The summed E-state index contributed by atoms with van der Waals surface area (Å²) in [6.45, 7) is 2.19. The average molecular weight is 268 g/mol. The second kappa shape index (κ2) is 9.11. The van der Waals surface area contributed by atoms with Crippen LogP contribution in [-0.2, 0) is 9.59 Å².